The molecule has 2 unspecified atom stereocenters. The van der Waals surface area contributed by atoms with Crippen LogP contribution in [0, 0.1) is 5.92 Å². The van der Waals surface area contributed by atoms with E-state index in [0.29, 0.717) is 23.3 Å². The van der Waals surface area contributed by atoms with E-state index in [1.54, 1.807) is 18.9 Å². The molecule has 0 amide bonds. The fourth-order valence-corrected chi connectivity index (χ4v) is 5.42. The molecule has 0 saturated heterocycles. The molecule has 1 N–H and O–H groups in total. The van der Waals surface area contributed by atoms with Crippen LogP contribution in [0.5, 0.6) is 17.2 Å². The number of ether oxygens (including phenoxy) is 2. The molecule has 1 heterocycles. The Balaban J connectivity index is 1.57. The van der Waals surface area contributed by atoms with Gasteiger partial charge in [-0.1, -0.05) is 17.8 Å². The summed E-state index contributed by atoms with van der Waals surface area (Å²) in [5.41, 5.74) is 5.31. The third-order valence-corrected chi connectivity index (χ3v) is 6.72. The van der Waals surface area contributed by atoms with Gasteiger partial charge >= 0.3 is 0 Å². The number of hydrogen-bond acceptors (Lipinski definition) is 4. The molecule has 0 fully saturated rings. The molecule has 0 bridgehead atoms. The van der Waals surface area contributed by atoms with Crippen molar-refractivity contribution in [1.82, 2.24) is 0 Å². The van der Waals surface area contributed by atoms with Crippen molar-refractivity contribution >= 4 is 11.8 Å². The van der Waals surface area contributed by atoms with Gasteiger partial charge in [0.15, 0.2) is 11.5 Å². The van der Waals surface area contributed by atoms with E-state index < -0.39 is 0 Å². The number of hydrogen-bond donors (Lipinski definition) is 1. The lowest BCUT2D eigenvalue weighted by atomic mass is 9.66. The highest BCUT2D eigenvalue weighted by molar-refractivity contribution is 7.99. The molecule has 2 aliphatic carbocycles. The molecule has 2 aromatic carbocycles. The Hall–Kier alpha value is -1.81. The van der Waals surface area contributed by atoms with Crippen molar-refractivity contribution in [3.63, 3.8) is 0 Å². The molecule has 3 aliphatic rings. The second-order valence-electron chi connectivity index (χ2n) is 6.97. The van der Waals surface area contributed by atoms with Gasteiger partial charge in [0, 0.05) is 5.56 Å². The Morgan fingerprint density at radius 3 is 3.00 bits per heavy atom. The van der Waals surface area contributed by atoms with Crippen molar-refractivity contribution < 1.29 is 14.6 Å². The van der Waals surface area contributed by atoms with E-state index >= 15 is 0 Å². The van der Waals surface area contributed by atoms with Crippen LogP contribution in [0.15, 0.2) is 29.2 Å². The van der Waals surface area contributed by atoms with Crippen LogP contribution in [0.3, 0.4) is 0 Å². The fraction of sp³-hybridized carbons (Fsp3) is 0.400. The van der Waals surface area contributed by atoms with Gasteiger partial charge in [-0.3, -0.25) is 0 Å². The van der Waals surface area contributed by atoms with Crippen LogP contribution < -0.4 is 9.47 Å². The zero-order valence-corrected chi connectivity index (χ0v) is 14.5. The number of thioether (sulfide) groups is 1. The van der Waals surface area contributed by atoms with E-state index in [1.165, 1.54) is 28.0 Å². The minimum Gasteiger partial charge on any atom is -0.504 e. The molecule has 4 heteroatoms. The fourth-order valence-electron chi connectivity index (χ4n) is 4.62. The summed E-state index contributed by atoms with van der Waals surface area (Å²) in [6.07, 6.45) is 4.26. The second-order valence-corrected chi connectivity index (χ2v) is 7.94. The third kappa shape index (κ3) is 2.05. The zero-order chi connectivity index (χ0) is 16.3. The van der Waals surface area contributed by atoms with Crippen molar-refractivity contribution in [2.24, 2.45) is 5.92 Å². The van der Waals surface area contributed by atoms with Crippen molar-refractivity contribution in [2.45, 2.75) is 36.5 Å². The maximum absolute atomic E-state index is 10.5. The summed E-state index contributed by atoms with van der Waals surface area (Å²) in [6, 6.07) is 8.65. The van der Waals surface area contributed by atoms with Crippen LogP contribution in [0.2, 0.25) is 0 Å². The highest BCUT2D eigenvalue weighted by Crippen LogP contribution is 2.50. The third-order valence-electron chi connectivity index (χ3n) is 5.86. The number of fused-ring (bicyclic) bond motifs is 5. The Bertz CT molecular complexity index is 830. The van der Waals surface area contributed by atoms with E-state index in [4.69, 9.17) is 9.47 Å². The van der Waals surface area contributed by atoms with Crippen LogP contribution in [0.4, 0.5) is 0 Å². The van der Waals surface area contributed by atoms with Gasteiger partial charge in [-0.25, -0.2) is 0 Å². The van der Waals surface area contributed by atoms with Crippen molar-refractivity contribution in [3.05, 3.63) is 46.5 Å². The van der Waals surface area contributed by atoms with Gasteiger partial charge in [0.1, 0.15) is 11.7 Å². The normalized spacial score (nSPS) is 23.5. The predicted octanol–water partition coefficient (Wildman–Crippen LogP) is 4.29. The highest BCUT2D eigenvalue weighted by Gasteiger charge is 2.36. The first-order valence-corrected chi connectivity index (χ1v) is 9.53. The number of phenolic OH excluding ortho intramolecular Hbond substituents is 1. The molecule has 0 spiro atoms. The lowest BCUT2D eigenvalue weighted by Gasteiger charge is -2.38. The van der Waals surface area contributed by atoms with E-state index in [1.807, 2.05) is 6.07 Å². The molecular weight excluding hydrogens is 320 g/mol. The Labute approximate surface area is 146 Å². The molecule has 124 valence electrons. The van der Waals surface area contributed by atoms with Gasteiger partial charge in [0.05, 0.1) is 12.0 Å². The van der Waals surface area contributed by atoms with Gasteiger partial charge in [-0.2, -0.15) is 0 Å². The average molecular weight is 340 g/mol. The Morgan fingerprint density at radius 2 is 2.12 bits per heavy atom. The van der Waals surface area contributed by atoms with Crippen LogP contribution in [0.25, 0.3) is 0 Å². The summed E-state index contributed by atoms with van der Waals surface area (Å²) in [6.45, 7) is 0. The number of aromatic hydroxyl groups is 1. The summed E-state index contributed by atoms with van der Waals surface area (Å²) >= 11 is 1.80. The molecule has 2 atom stereocenters. The van der Waals surface area contributed by atoms with Crippen molar-refractivity contribution in [2.75, 3.05) is 13.0 Å². The monoisotopic (exact) mass is 340 g/mol. The summed E-state index contributed by atoms with van der Waals surface area (Å²) in [5, 5.41) is 10.5. The van der Waals surface area contributed by atoms with Gasteiger partial charge in [0.25, 0.3) is 0 Å². The maximum Gasteiger partial charge on any atom is 0.161 e. The molecule has 2 aromatic rings. The molecule has 0 aromatic heterocycles. The van der Waals surface area contributed by atoms with Gasteiger partial charge in [-0.05, 0) is 72.4 Å². The summed E-state index contributed by atoms with van der Waals surface area (Å²) in [7, 11) is 1.61. The van der Waals surface area contributed by atoms with Crippen LogP contribution in [0.1, 0.15) is 34.6 Å². The minimum atomic E-state index is 0.341. The molecule has 0 saturated carbocycles. The van der Waals surface area contributed by atoms with Gasteiger partial charge in [0.2, 0.25) is 0 Å². The van der Waals surface area contributed by atoms with Crippen molar-refractivity contribution in [1.29, 1.82) is 0 Å². The van der Waals surface area contributed by atoms with E-state index in [9.17, 15) is 5.11 Å². The lowest BCUT2D eigenvalue weighted by Crippen LogP contribution is -2.28. The zero-order valence-electron chi connectivity index (χ0n) is 13.7. The van der Waals surface area contributed by atoms with Gasteiger partial charge in [-0.15, -0.1) is 0 Å². The SMILES string of the molecule is COc1ccc2c(c1O)CC1CCc3cc4c(cc3C1C2)OCS4. The second kappa shape index (κ2) is 5.35. The van der Waals surface area contributed by atoms with Gasteiger partial charge < -0.3 is 14.6 Å². The van der Waals surface area contributed by atoms with Crippen LogP contribution in [-0.4, -0.2) is 18.2 Å². The smallest absolute Gasteiger partial charge is 0.161 e. The molecule has 5 rings (SSSR count). The maximum atomic E-state index is 10.5. The van der Waals surface area contributed by atoms with E-state index in [2.05, 4.69) is 18.2 Å². The standard InChI is InChI=1S/C20H20O3S/c1-22-17-5-4-12-6-14-11(7-16(12)20(17)21)2-3-13-8-19-18(9-15(13)14)23-10-24-19/h4-5,8-9,11,14,21H,2-3,6-7,10H2,1H3. The highest BCUT2D eigenvalue weighted by atomic mass is 32.2. The molecule has 1 aliphatic heterocycles. The lowest BCUT2D eigenvalue weighted by molar-refractivity contribution is 0.327. The quantitative estimate of drug-likeness (QED) is 0.841. The summed E-state index contributed by atoms with van der Waals surface area (Å²) < 4.78 is 11.1. The first kappa shape index (κ1) is 14.5. The van der Waals surface area contributed by atoms with Crippen LogP contribution >= 0.6 is 11.8 Å². The number of rotatable bonds is 1. The minimum absolute atomic E-state index is 0.341. The first-order valence-electron chi connectivity index (χ1n) is 8.54. The Morgan fingerprint density at radius 1 is 1.21 bits per heavy atom. The predicted molar refractivity (Wildman–Crippen MR) is 94.4 cm³/mol. The van der Waals surface area contributed by atoms with Crippen LogP contribution in [-0.2, 0) is 19.3 Å². The topological polar surface area (TPSA) is 38.7 Å². The number of benzene rings is 2. The van der Waals surface area contributed by atoms with E-state index in [0.717, 1.165) is 36.5 Å². The molecular formula is C20H20O3S. The summed E-state index contributed by atoms with van der Waals surface area (Å²) in [5.74, 6) is 3.86. The Kier molecular flexibility index (Phi) is 3.24. The number of phenols is 1. The summed E-state index contributed by atoms with van der Waals surface area (Å²) in [4.78, 5) is 1.30. The molecule has 0 radical (unpaired) electrons. The van der Waals surface area contributed by atoms with E-state index in [-0.39, 0.29) is 0 Å². The largest absolute Gasteiger partial charge is 0.504 e. The average Bonchev–Trinajstić information content (AvgIpc) is 3.06. The number of aryl methyl sites for hydroxylation is 1. The van der Waals surface area contributed by atoms with Crippen molar-refractivity contribution in [3.8, 4) is 17.2 Å². The molecule has 24 heavy (non-hydrogen) atoms. The molecule has 3 nitrogen and oxygen atoms in total. The number of methoxy groups -OCH3 is 1. The first-order chi connectivity index (χ1) is 11.7.